The second-order valence-electron chi connectivity index (χ2n) is 3.94. The number of carboxylic acid groups (broad SMARTS) is 1. The summed E-state index contributed by atoms with van der Waals surface area (Å²) in [5.74, 6) is -2.25. The van der Waals surface area contributed by atoms with Crippen molar-refractivity contribution in [1.29, 1.82) is 0 Å². The van der Waals surface area contributed by atoms with E-state index in [1.54, 1.807) is 0 Å². The number of nitrogens with zero attached hydrogens (tertiary/aromatic N) is 2. The Morgan fingerprint density at radius 1 is 1.50 bits per heavy atom. The van der Waals surface area contributed by atoms with Gasteiger partial charge in [-0.25, -0.2) is 9.18 Å². The maximum absolute atomic E-state index is 14.1. The van der Waals surface area contributed by atoms with Gasteiger partial charge in [0.15, 0.2) is 17.2 Å². The average molecular weight is 345 g/mol. The summed E-state index contributed by atoms with van der Waals surface area (Å²) in [6.45, 7) is 0. The topological polar surface area (TPSA) is 84.6 Å². The van der Waals surface area contributed by atoms with E-state index >= 15 is 0 Å². The molecule has 0 aliphatic carbocycles. The molecule has 0 bridgehead atoms. The van der Waals surface area contributed by atoms with E-state index in [9.17, 15) is 14.3 Å². The molecule has 0 radical (unpaired) electrons. The van der Waals surface area contributed by atoms with Gasteiger partial charge in [0, 0.05) is 13.1 Å². The Kier molecular flexibility index (Phi) is 3.67. The molecule has 1 aromatic heterocycles. The Balaban J connectivity index is 2.73. The third-order valence-corrected chi connectivity index (χ3v) is 3.47. The van der Waals surface area contributed by atoms with Crippen molar-refractivity contribution in [1.82, 2.24) is 9.78 Å². The predicted molar refractivity (Wildman–Crippen MR) is 71.5 cm³/mol. The summed E-state index contributed by atoms with van der Waals surface area (Å²) in [4.78, 5) is 10.9. The zero-order chi connectivity index (χ0) is 15.0. The summed E-state index contributed by atoms with van der Waals surface area (Å²) in [6.07, 6.45) is 0. The van der Waals surface area contributed by atoms with Crippen LogP contribution in [0.5, 0.6) is 11.5 Å². The van der Waals surface area contributed by atoms with Gasteiger partial charge >= 0.3 is 5.97 Å². The largest absolute Gasteiger partial charge is 0.504 e. The van der Waals surface area contributed by atoms with Gasteiger partial charge in [0.1, 0.15) is 5.82 Å². The van der Waals surface area contributed by atoms with Gasteiger partial charge in [-0.3, -0.25) is 4.68 Å². The number of aromatic carboxylic acids is 1. The SMILES string of the molecule is COc1c(O)cc(F)c(-c2cc(C(=O)O)nn2C)c1Br. The standard InChI is InChI=1S/C12H10BrFN2O4/c1-16-7(4-6(15-16)12(18)19)9-5(14)3-8(17)11(20-2)10(9)13/h3-4,17H,1-2H3,(H,18,19). The summed E-state index contributed by atoms with van der Waals surface area (Å²) >= 11 is 3.15. The lowest BCUT2D eigenvalue weighted by atomic mass is 10.1. The maximum Gasteiger partial charge on any atom is 0.356 e. The van der Waals surface area contributed by atoms with Gasteiger partial charge in [0.2, 0.25) is 0 Å². The van der Waals surface area contributed by atoms with E-state index in [0.717, 1.165) is 6.07 Å². The van der Waals surface area contributed by atoms with Crippen molar-refractivity contribution >= 4 is 21.9 Å². The number of carboxylic acids is 1. The lowest BCUT2D eigenvalue weighted by Crippen LogP contribution is -2.00. The van der Waals surface area contributed by atoms with Gasteiger partial charge in [0.05, 0.1) is 22.8 Å². The van der Waals surface area contributed by atoms with Gasteiger partial charge in [-0.1, -0.05) is 0 Å². The molecular weight excluding hydrogens is 335 g/mol. The number of ether oxygens (including phenoxy) is 1. The zero-order valence-electron chi connectivity index (χ0n) is 10.5. The first-order chi connectivity index (χ1) is 9.36. The highest BCUT2D eigenvalue weighted by molar-refractivity contribution is 9.10. The highest BCUT2D eigenvalue weighted by Crippen LogP contribution is 2.43. The number of rotatable bonds is 3. The van der Waals surface area contributed by atoms with Crippen LogP contribution in [0.15, 0.2) is 16.6 Å². The van der Waals surface area contributed by atoms with Gasteiger partial charge in [-0.05, 0) is 22.0 Å². The van der Waals surface area contributed by atoms with E-state index in [2.05, 4.69) is 21.0 Å². The number of phenolic OH excluding ortho intramolecular Hbond substituents is 1. The fourth-order valence-electron chi connectivity index (χ4n) is 1.82. The van der Waals surface area contributed by atoms with E-state index in [1.165, 1.54) is 24.9 Å². The van der Waals surface area contributed by atoms with Crippen LogP contribution in [0.25, 0.3) is 11.3 Å². The molecule has 0 saturated heterocycles. The summed E-state index contributed by atoms with van der Waals surface area (Å²) in [5, 5.41) is 22.3. The van der Waals surface area contributed by atoms with Gasteiger partial charge in [0.25, 0.3) is 0 Å². The molecule has 2 aromatic rings. The van der Waals surface area contributed by atoms with Crippen molar-refractivity contribution in [3.05, 3.63) is 28.1 Å². The van der Waals surface area contributed by atoms with Gasteiger partial charge in [-0.15, -0.1) is 0 Å². The molecule has 0 unspecified atom stereocenters. The van der Waals surface area contributed by atoms with Crippen LogP contribution in [0.4, 0.5) is 4.39 Å². The van der Waals surface area contributed by atoms with Crippen LogP contribution in [0, 0.1) is 5.82 Å². The van der Waals surface area contributed by atoms with Crippen molar-refractivity contribution in [3.63, 3.8) is 0 Å². The number of aromatic nitrogens is 2. The van der Waals surface area contributed by atoms with Crippen molar-refractivity contribution in [2.24, 2.45) is 7.05 Å². The number of benzene rings is 1. The Labute approximate surface area is 121 Å². The summed E-state index contributed by atoms with van der Waals surface area (Å²) < 4.78 is 20.5. The molecule has 6 nitrogen and oxygen atoms in total. The van der Waals surface area contributed by atoms with Crippen molar-refractivity contribution < 1.29 is 24.1 Å². The van der Waals surface area contributed by atoms with Crippen molar-refractivity contribution in [2.45, 2.75) is 0 Å². The number of aromatic hydroxyl groups is 1. The van der Waals surface area contributed by atoms with E-state index in [1.807, 2.05) is 0 Å². The second-order valence-corrected chi connectivity index (χ2v) is 4.74. The van der Waals surface area contributed by atoms with E-state index in [4.69, 9.17) is 9.84 Å². The van der Waals surface area contributed by atoms with Crippen LogP contribution in [0.1, 0.15) is 10.5 Å². The molecule has 0 fully saturated rings. The highest BCUT2D eigenvalue weighted by Gasteiger charge is 2.22. The Morgan fingerprint density at radius 3 is 2.65 bits per heavy atom. The molecule has 0 aliphatic rings. The molecule has 1 heterocycles. The number of phenols is 1. The molecule has 0 aliphatic heterocycles. The quantitative estimate of drug-likeness (QED) is 0.892. The zero-order valence-corrected chi connectivity index (χ0v) is 12.1. The van der Waals surface area contributed by atoms with Crippen LogP contribution in [0.2, 0.25) is 0 Å². The number of methoxy groups -OCH3 is 1. The highest BCUT2D eigenvalue weighted by atomic mass is 79.9. The van der Waals surface area contributed by atoms with Crippen LogP contribution >= 0.6 is 15.9 Å². The van der Waals surface area contributed by atoms with E-state index < -0.39 is 11.8 Å². The molecule has 2 rings (SSSR count). The van der Waals surface area contributed by atoms with Crippen molar-refractivity contribution in [3.8, 4) is 22.8 Å². The Morgan fingerprint density at radius 2 is 2.15 bits per heavy atom. The summed E-state index contributed by atoms with van der Waals surface area (Å²) in [6, 6.07) is 2.13. The predicted octanol–water partition coefficient (Wildman–Crippen LogP) is 2.40. The average Bonchev–Trinajstić information content (AvgIpc) is 2.72. The van der Waals surface area contributed by atoms with Crippen LogP contribution in [-0.2, 0) is 7.05 Å². The van der Waals surface area contributed by atoms with Crippen LogP contribution < -0.4 is 4.74 Å². The molecule has 0 saturated carbocycles. The van der Waals surface area contributed by atoms with Crippen LogP contribution in [-0.4, -0.2) is 33.1 Å². The second kappa shape index (κ2) is 5.12. The first-order valence-electron chi connectivity index (χ1n) is 5.39. The molecule has 2 N–H and O–H groups in total. The molecule has 106 valence electrons. The third-order valence-electron chi connectivity index (χ3n) is 2.71. The fourth-order valence-corrected chi connectivity index (χ4v) is 2.58. The number of carbonyl (C=O) groups is 1. The van der Waals surface area contributed by atoms with Crippen molar-refractivity contribution in [2.75, 3.05) is 7.11 Å². The molecule has 0 atom stereocenters. The lowest BCUT2D eigenvalue weighted by Gasteiger charge is -2.12. The van der Waals surface area contributed by atoms with Gasteiger partial charge in [-0.2, -0.15) is 5.10 Å². The number of hydrogen-bond acceptors (Lipinski definition) is 4. The minimum Gasteiger partial charge on any atom is -0.504 e. The Bertz CT molecular complexity index is 699. The van der Waals surface area contributed by atoms with Crippen LogP contribution in [0.3, 0.4) is 0 Å². The number of aryl methyl sites for hydroxylation is 1. The summed E-state index contributed by atoms with van der Waals surface area (Å²) in [5.41, 5.74) is 0.0908. The monoisotopic (exact) mass is 344 g/mol. The molecule has 20 heavy (non-hydrogen) atoms. The molecule has 1 aromatic carbocycles. The first-order valence-corrected chi connectivity index (χ1v) is 6.18. The van der Waals surface area contributed by atoms with E-state index in [0.29, 0.717) is 0 Å². The Hall–Kier alpha value is -2.09. The molecule has 8 heteroatoms. The fraction of sp³-hybridized carbons (Fsp3) is 0.167. The smallest absolute Gasteiger partial charge is 0.356 e. The normalized spacial score (nSPS) is 10.6. The first kappa shape index (κ1) is 14.3. The van der Waals surface area contributed by atoms with E-state index in [-0.39, 0.29) is 32.9 Å². The molecule has 0 amide bonds. The third kappa shape index (κ3) is 2.22. The molecule has 0 spiro atoms. The minimum atomic E-state index is -1.21. The number of hydrogen-bond donors (Lipinski definition) is 2. The maximum atomic E-state index is 14.1. The van der Waals surface area contributed by atoms with Gasteiger partial charge < -0.3 is 14.9 Å². The number of halogens is 2. The lowest BCUT2D eigenvalue weighted by molar-refractivity contribution is 0.0689. The molecular formula is C12H10BrFN2O4. The minimum absolute atomic E-state index is 0.0551. The summed E-state index contributed by atoms with van der Waals surface area (Å²) in [7, 11) is 2.82.